The molecule has 9 aromatic rings. The molecule has 0 aliphatic heterocycles. The van der Waals surface area contributed by atoms with Crippen molar-refractivity contribution in [2.75, 3.05) is 0 Å². The Morgan fingerprint density at radius 2 is 1.11 bits per heavy atom. The van der Waals surface area contributed by atoms with Gasteiger partial charge < -0.3 is 8.98 Å². The van der Waals surface area contributed by atoms with Gasteiger partial charge in [-0.2, -0.15) is 0 Å². The van der Waals surface area contributed by atoms with Crippen LogP contribution in [0.5, 0.6) is 0 Å². The van der Waals surface area contributed by atoms with Crippen molar-refractivity contribution in [2.45, 2.75) is 0 Å². The van der Waals surface area contributed by atoms with Crippen molar-refractivity contribution >= 4 is 43.7 Å². The van der Waals surface area contributed by atoms with Crippen molar-refractivity contribution < 1.29 is 4.42 Å². The van der Waals surface area contributed by atoms with Crippen LogP contribution in [0.2, 0.25) is 0 Å². The van der Waals surface area contributed by atoms with Gasteiger partial charge in [0.1, 0.15) is 11.2 Å². The average Bonchev–Trinajstić information content (AvgIpc) is 3.64. The number of furan rings is 1. The number of benzene rings is 6. The fraction of sp³-hybridized carbons (Fsp3) is 0. The second-order valence-electron chi connectivity index (χ2n) is 11.2. The Morgan fingerprint density at radius 3 is 1.98 bits per heavy atom. The van der Waals surface area contributed by atoms with E-state index in [0.29, 0.717) is 0 Å². The Bertz CT molecular complexity index is 2490. The molecular formula is C41H26N2O. The molecule has 0 saturated heterocycles. The topological polar surface area (TPSA) is 31.0 Å². The predicted octanol–water partition coefficient (Wildman–Crippen LogP) is 11.1. The highest BCUT2D eigenvalue weighted by Gasteiger charge is 2.17. The first-order valence-corrected chi connectivity index (χ1v) is 14.9. The Labute approximate surface area is 254 Å². The third-order valence-corrected chi connectivity index (χ3v) is 8.60. The fourth-order valence-electron chi connectivity index (χ4n) is 6.55. The van der Waals surface area contributed by atoms with Gasteiger partial charge in [0.2, 0.25) is 0 Å². The molecule has 0 radical (unpaired) electrons. The van der Waals surface area contributed by atoms with Crippen LogP contribution in [0.15, 0.2) is 162 Å². The molecule has 44 heavy (non-hydrogen) atoms. The van der Waals surface area contributed by atoms with Crippen molar-refractivity contribution in [2.24, 2.45) is 0 Å². The monoisotopic (exact) mass is 562 g/mol. The number of aromatic nitrogens is 2. The number of hydrogen-bond acceptors (Lipinski definition) is 2. The van der Waals surface area contributed by atoms with Gasteiger partial charge in [0.05, 0.1) is 22.4 Å². The van der Waals surface area contributed by atoms with Crippen molar-refractivity contribution in [1.29, 1.82) is 0 Å². The normalized spacial score (nSPS) is 11.6. The van der Waals surface area contributed by atoms with Crippen LogP contribution in [0.3, 0.4) is 0 Å². The number of rotatable bonds is 4. The standard InChI is InChI=1S/C41H26N2O/c1-3-12-27(13-4-1)36-24-29(25-37(42-36)35-19-11-18-34-33-17-8-10-21-40(33)44-41(34)35)28-22-23-32-31-16-7-9-20-38(31)43(39(32)26-28)30-14-5-2-6-15-30/h1-26H. The number of nitrogens with zero attached hydrogens (tertiary/aromatic N) is 2. The second-order valence-corrected chi connectivity index (χ2v) is 11.2. The molecule has 0 spiro atoms. The summed E-state index contributed by atoms with van der Waals surface area (Å²) in [5.41, 5.74) is 11.4. The summed E-state index contributed by atoms with van der Waals surface area (Å²) in [4.78, 5) is 5.22. The number of pyridine rings is 1. The van der Waals surface area contributed by atoms with Gasteiger partial charge >= 0.3 is 0 Å². The van der Waals surface area contributed by atoms with Gasteiger partial charge in [-0.25, -0.2) is 4.98 Å². The lowest BCUT2D eigenvalue weighted by molar-refractivity contribution is 0.670. The number of para-hydroxylation sites is 4. The molecule has 6 aromatic carbocycles. The summed E-state index contributed by atoms with van der Waals surface area (Å²) in [5, 5.41) is 4.69. The molecule has 0 unspecified atom stereocenters. The van der Waals surface area contributed by atoms with E-state index in [9.17, 15) is 0 Å². The van der Waals surface area contributed by atoms with Gasteiger partial charge in [0.15, 0.2) is 0 Å². The average molecular weight is 563 g/mol. The van der Waals surface area contributed by atoms with Crippen LogP contribution in [0.25, 0.3) is 83.1 Å². The summed E-state index contributed by atoms with van der Waals surface area (Å²) in [6.07, 6.45) is 0. The molecule has 3 heteroatoms. The van der Waals surface area contributed by atoms with Crippen LogP contribution in [-0.4, -0.2) is 9.55 Å². The van der Waals surface area contributed by atoms with E-state index in [1.54, 1.807) is 0 Å². The zero-order chi connectivity index (χ0) is 29.0. The maximum Gasteiger partial charge on any atom is 0.144 e. The Kier molecular flexibility index (Phi) is 5.50. The Morgan fingerprint density at radius 1 is 0.432 bits per heavy atom. The molecule has 0 fully saturated rings. The molecule has 0 saturated carbocycles. The number of hydrogen-bond donors (Lipinski definition) is 0. The quantitative estimate of drug-likeness (QED) is 0.214. The molecule has 0 amide bonds. The van der Waals surface area contributed by atoms with Crippen LogP contribution in [0.4, 0.5) is 0 Å². The van der Waals surface area contributed by atoms with E-state index in [1.807, 2.05) is 18.2 Å². The van der Waals surface area contributed by atoms with Crippen LogP contribution in [0.1, 0.15) is 0 Å². The predicted molar refractivity (Wildman–Crippen MR) is 182 cm³/mol. The summed E-state index contributed by atoms with van der Waals surface area (Å²) < 4.78 is 8.81. The molecule has 0 bridgehead atoms. The van der Waals surface area contributed by atoms with E-state index in [4.69, 9.17) is 9.40 Å². The van der Waals surface area contributed by atoms with Gasteiger partial charge in [-0.15, -0.1) is 0 Å². The van der Waals surface area contributed by atoms with Gasteiger partial charge in [-0.1, -0.05) is 109 Å². The van der Waals surface area contributed by atoms with Crippen LogP contribution < -0.4 is 0 Å². The molecule has 0 N–H and O–H groups in total. The van der Waals surface area contributed by atoms with E-state index in [0.717, 1.165) is 61.3 Å². The molecule has 0 aliphatic carbocycles. The highest BCUT2D eigenvalue weighted by atomic mass is 16.3. The lowest BCUT2D eigenvalue weighted by Crippen LogP contribution is -1.94. The summed E-state index contributed by atoms with van der Waals surface area (Å²) in [6, 6.07) is 55.4. The Hall–Kier alpha value is -5.93. The lowest BCUT2D eigenvalue weighted by Gasteiger charge is -2.12. The van der Waals surface area contributed by atoms with Gasteiger partial charge in [-0.3, -0.25) is 0 Å². The van der Waals surface area contributed by atoms with Crippen LogP contribution >= 0.6 is 0 Å². The van der Waals surface area contributed by atoms with Gasteiger partial charge in [0, 0.05) is 38.4 Å². The molecule has 3 aromatic heterocycles. The third-order valence-electron chi connectivity index (χ3n) is 8.60. The first-order valence-electron chi connectivity index (χ1n) is 14.9. The molecule has 3 heterocycles. The maximum atomic E-state index is 6.44. The highest BCUT2D eigenvalue weighted by Crippen LogP contribution is 2.39. The third kappa shape index (κ3) is 3.87. The number of fused-ring (bicyclic) bond motifs is 6. The summed E-state index contributed by atoms with van der Waals surface area (Å²) >= 11 is 0. The summed E-state index contributed by atoms with van der Waals surface area (Å²) in [7, 11) is 0. The minimum Gasteiger partial charge on any atom is -0.455 e. The van der Waals surface area contributed by atoms with Gasteiger partial charge in [0.25, 0.3) is 0 Å². The van der Waals surface area contributed by atoms with E-state index in [2.05, 4.69) is 144 Å². The van der Waals surface area contributed by atoms with E-state index >= 15 is 0 Å². The second kappa shape index (κ2) is 9.82. The molecule has 206 valence electrons. The minimum atomic E-state index is 0.858. The fourth-order valence-corrected chi connectivity index (χ4v) is 6.55. The smallest absolute Gasteiger partial charge is 0.144 e. The Balaban J connectivity index is 1.31. The largest absolute Gasteiger partial charge is 0.455 e. The molecule has 3 nitrogen and oxygen atoms in total. The van der Waals surface area contributed by atoms with Crippen molar-refractivity contribution in [3.63, 3.8) is 0 Å². The first-order chi connectivity index (χ1) is 21.8. The van der Waals surface area contributed by atoms with Gasteiger partial charge in [-0.05, 0) is 59.7 Å². The van der Waals surface area contributed by atoms with E-state index in [-0.39, 0.29) is 0 Å². The highest BCUT2D eigenvalue weighted by molar-refractivity contribution is 6.11. The summed E-state index contributed by atoms with van der Waals surface area (Å²) in [5.74, 6) is 0. The molecule has 0 atom stereocenters. The molecule has 9 rings (SSSR count). The lowest BCUT2D eigenvalue weighted by atomic mass is 9.98. The van der Waals surface area contributed by atoms with Crippen molar-refractivity contribution in [3.05, 3.63) is 158 Å². The summed E-state index contributed by atoms with van der Waals surface area (Å²) in [6.45, 7) is 0. The minimum absolute atomic E-state index is 0.858. The first kappa shape index (κ1) is 24.6. The maximum absolute atomic E-state index is 6.44. The molecule has 0 aliphatic rings. The van der Waals surface area contributed by atoms with Crippen molar-refractivity contribution in [3.8, 4) is 39.3 Å². The zero-order valence-corrected chi connectivity index (χ0v) is 23.8. The van der Waals surface area contributed by atoms with E-state index < -0.39 is 0 Å². The zero-order valence-electron chi connectivity index (χ0n) is 23.8. The molecular weight excluding hydrogens is 536 g/mol. The van der Waals surface area contributed by atoms with Crippen LogP contribution in [0, 0.1) is 0 Å². The van der Waals surface area contributed by atoms with E-state index in [1.165, 1.54) is 21.8 Å². The SMILES string of the molecule is c1ccc(-c2cc(-c3ccc4c5ccccc5n(-c5ccccc5)c4c3)cc(-c3cccc4c3oc3ccccc34)n2)cc1. The van der Waals surface area contributed by atoms with Crippen LogP contribution in [-0.2, 0) is 0 Å². The van der Waals surface area contributed by atoms with Crippen molar-refractivity contribution in [1.82, 2.24) is 9.55 Å².